The van der Waals surface area contributed by atoms with Gasteiger partial charge >= 0.3 is 0 Å². The smallest absolute Gasteiger partial charge is 0.254 e. The van der Waals surface area contributed by atoms with Crippen molar-refractivity contribution < 1.29 is 10.0 Å². The predicted octanol–water partition coefficient (Wildman–Crippen LogP) is 1.65. The Bertz CT molecular complexity index is 525. The maximum atomic E-state index is 12.6. The van der Waals surface area contributed by atoms with Crippen LogP contribution in [0.3, 0.4) is 0 Å². The fourth-order valence-electron chi connectivity index (χ4n) is 2.52. The first kappa shape index (κ1) is 13.4. The number of likely N-dealkylation sites (tertiary alicyclic amines) is 1. The van der Waals surface area contributed by atoms with Crippen molar-refractivity contribution in [3.63, 3.8) is 0 Å². The minimum atomic E-state index is -0.294. The van der Waals surface area contributed by atoms with E-state index in [0.717, 1.165) is 24.0 Å². The number of aryl methyl sites for hydroxylation is 1. The minimum absolute atomic E-state index is 0.0460. The average Bonchev–Trinajstić information content (AvgIpc) is 2.89. The summed E-state index contributed by atoms with van der Waals surface area (Å²) in [5, 5.41) is 11.8. The lowest BCUT2D eigenvalue weighted by Crippen LogP contribution is -2.44. The van der Waals surface area contributed by atoms with E-state index in [9.17, 15) is 4.79 Å². The van der Waals surface area contributed by atoms with Gasteiger partial charge in [-0.1, -0.05) is 17.3 Å². The molecule has 1 aromatic rings. The van der Waals surface area contributed by atoms with Crippen LogP contribution in [-0.2, 0) is 0 Å². The number of hydrogen-bond acceptors (Lipinski definition) is 3. The molecule has 3 N–H and O–H groups in total. The van der Waals surface area contributed by atoms with Crippen molar-refractivity contribution in [2.75, 3.05) is 6.54 Å². The quantitative estimate of drug-likeness (QED) is 0.368. The van der Waals surface area contributed by atoms with Crippen LogP contribution in [-0.4, -0.2) is 34.4 Å². The summed E-state index contributed by atoms with van der Waals surface area (Å²) >= 11 is 0. The highest BCUT2D eigenvalue weighted by Gasteiger charge is 2.32. The number of carbonyl (C=O) groups excluding carboxylic acids is 1. The number of hydrogen-bond donors (Lipinski definition) is 2. The first-order valence-electron chi connectivity index (χ1n) is 6.41. The van der Waals surface area contributed by atoms with Crippen LogP contribution in [0.1, 0.15) is 34.3 Å². The van der Waals surface area contributed by atoms with Crippen LogP contribution >= 0.6 is 0 Å². The van der Waals surface area contributed by atoms with Gasteiger partial charge in [0.2, 0.25) is 0 Å². The number of amidine groups is 1. The fraction of sp³-hybridized carbons (Fsp3) is 0.429. The zero-order chi connectivity index (χ0) is 14.0. The molecule has 1 heterocycles. The number of benzene rings is 1. The number of nitrogens with zero attached hydrogens (tertiary/aromatic N) is 2. The van der Waals surface area contributed by atoms with Crippen LogP contribution in [0.5, 0.6) is 0 Å². The molecular weight excluding hydrogens is 242 g/mol. The van der Waals surface area contributed by atoms with Crippen LogP contribution in [0.15, 0.2) is 23.4 Å². The molecule has 5 nitrogen and oxygen atoms in total. The minimum Gasteiger partial charge on any atom is -0.409 e. The third-order valence-electron chi connectivity index (χ3n) is 3.81. The summed E-state index contributed by atoms with van der Waals surface area (Å²) in [6.45, 7) is 4.57. The molecule has 102 valence electrons. The van der Waals surface area contributed by atoms with E-state index in [4.69, 9.17) is 10.9 Å². The Labute approximate surface area is 112 Å². The number of oxime groups is 1. The second-order valence-electron chi connectivity index (χ2n) is 4.93. The normalized spacial score (nSPS) is 19.8. The van der Waals surface area contributed by atoms with Gasteiger partial charge in [-0.05, 0) is 43.9 Å². The van der Waals surface area contributed by atoms with Gasteiger partial charge in [0.05, 0.1) is 6.04 Å². The van der Waals surface area contributed by atoms with Gasteiger partial charge in [-0.15, -0.1) is 0 Å². The second kappa shape index (κ2) is 5.30. The maximum absolute atomic E-state index is 12.6. The van der Waals surface area contributed by atoms with E-state index in [0.29, 0.717) is 12.1 Å². The molecule has 19 heavy (non-hydrogen) atoms. The highest BCUT2D eigenvalue weighted by Crippen LogP contribution is 2.22. The van der Waals surface area contributed by atoms with Crippen molar-refractivity contribution in [2.24, 2.45) is 10.9 Å². The fourth-order valence-corrected chi connectivity index (χ4v) is 2.52. The Hall–Kier alpha value is -2.04. The molecule has 1 aromatic carbocycles. The van der Waals surface area contributed by atoms with Gasteiger partial charge < -0.3 is 15.8 Å². The average molecular weight is 261 g/mol. The lowest BCUT2D eigenvalue weighted by Gasteiger charge is -2.24. The largest absolute Gasteiger partial charge is 0.409 e. The van der Waals surface area contributed by atoms with Crippen LogP contribution in [0, 0.1) is 13.8 Å². The first-order chi connectivity index (χ1) is 9.06. The van der Waals surface area contributed by atoms with Gasteiger partial charge in [-0.2, -0.15) is 0 Å². The summed E-state index contributed by atoms with van der Waals surface area (Å²) in [6, 6.07) is 5.39. The Morgan fingerprint density at radius 1 is 1.47 bits per heavy atom. The maximum Gasteiger partial charge on any atom is 0.254 e. The molecule has 0 bridgehead atoms. The molecule has 1 unspecified atom stereocenters. The third-order valence-corrected chi connectivity index (χ3v) is 3.81. The highest BCUT2D eigenvalue weighted by atomic mass is 16.4. The van der Waals surface area contributed by atoms with Crippen molar-refractivity contribution in [1.29, 1.82) is 0 Å². The molecule has 0 saturated carbocycles. The summed E-state index contributed by atoms with van der Waals surface area (Å²) in [4.78, 5) is 14.3. The molecule has 1 saturated heterocycles. The van der Waals surface area contributed by atoms with E-state index < -0.39 is 0 Å². The van der Waals surface area contributed by atoms with Crippen molar-refractivity contribution in [2.45, 2.75) is 32.7 Å². The number of carbonyl (C=O) groups is 1. The van der Waals surface area contributed by atoms with Crippen LogP contribution < -0.4 is 5.73 Å². The van der Waals surface area contributed by atoms with Crippen LogP contribution in [0.25, 0.3) is 0 Å². The van der Waals surface area contributed by atoms with Crippen molar-refractivity contribution in [3.8, 4) is 0 Å². The monoisotopic (exact) mass is 261 g/mol. The summed E-state index contributed by atoms with van der Waals surface area (Å²) in [6.07, 6.45) is 1.62. The number of amides is 1. The summed E-state index contributed by atoms with van der Waals surface area (Å²) < 4.78 is 0. The van der Waals surface area contributed by atoms with E-state index >= 15 is 0 Å². The predicted molar refractivity (Wildman–Crippen MR) is 73.4 cm³/mol. The van der Waals surface area contributed by atoms with Crippen LogP contribution in [0.2, 0.25) is 0 Å². The molecule has 5 heteroatoms. The zero-order valence-corrected chi connectivity index (χ0v) is 11.3. The first-order valence-corrected chi connectivity index (χ1v) is 6.41. The molecule has 1 aliphatic heterocycles. The SMILES string of the molecule is Cc1cccc(C(=O)N2CCCC2C(N)=NO)c1C. The second-order valence-corrected chi connectivity index (χ2v) is 4.93. The molecule has 1 atom stereocenters. The van der Waals surface area contributed by atoms with E-state index in [1.807, 2.05) is 32.0 Å². The molecule has 1 aliphatic rings. The molecular formula is C14H19N3O2. The third kappa shape index (κ3) is 2.41. The van der Waals surface area contributed by atoms with E-state index in [-0.39, 0.29) is 17.8 Å². The molecule has 0 spiro atoms. The van der Waals surface area contributed by atoms with Gasteiger partial charge in [-0.25, -0.2) is 0 Å². The topological polar surface area (TPSA) is 78.9 Å². The van der Waals surface area contributed by atoms with Crippen molar-refractivity contribution in [3.05, 3.63) is 34.9 Å². The Balaban J connectivity index is 2.31. The Kier molecular flexibility index (Phi) is 3.74. The lowest BCUT2D eigenvalue weighted by molar-refractivity contribution is 0.0767. The summed E-state index contributed by atoms with van der Waals surface area (Å²) in [7, 11) is 0. The van der Waals surface area contributed by atoms with Crippen molar-refractivity contribution in [1.82, 2.24) is 4.90 Å². The molecule has 2 rings (SSSR count). The summed E-state index contributed by atoms with van der Waals surface area (Å²) in [5.74, 6) is 0.0615. The number of nitrogens with two attached hydrogens (primary N) is 1. The van der Waals surface area contributed by atoms with E-state index in [1.54, 1.807) is 4.90 Å². The molecule has 0 aromatic heterocycles. The van der Waals surface area contributed by atoms with Gasteiger partial charge in [-0.3, -0.25) is 4.79 Å². The highest BCUT2D eigenvalue weighted by molar-refractivity contribution is 5.99. The molecule has 0 radical (unpaired) electrons. The van der Waals surface area contributed by atoms with Gasteiger partial charge in [0.1, 0.15) is 0 Å². The molecule has 1 amide bonds. The molecule has 0 aliphatic carbocycles. The lowest BCUT2D eigenvalue weighted by atomic mass is 10.0. The van der Waals surface area contributed by atoms with Gasteiger partial charge in [0, 0.05) is 12.1 Å². The Morgan fingerprint density at radius 3 is 2.89 bits per heavy atom. The summed E-state index contributed by atoms with van der Waals surface area (Å²) in [5.41, 5.74) is 8.42. The van der Waals surface area contributed by atoms with Gasteiger partial charge in [0.15, 0.2) is 5.84 Å². The van der Waals surface area contributed by atoms with E-state index in [1.165, 1.54) is 0 Å². The Morgan fingerprint density at radius 2 is 2.21 bits per heavy atom. The number of rotatable bonds is 2. The standard InChI is InChI=1S/C14H19N3O2/c1-9-5-3-6-11(10(9)2)14(18)17-8-4-7-12(17)13(15)16-19/h3,5-6,12,19H,4,7-8H2,1-2H3,(H2,15,16). The van der Waals surface area contributed by atoms with Crippen molar-refractivity contribution >= 4 is 11.7 Å². The molecule has 1 fully saturated rings. The van der Waals surface area contributed by atoms with Crippen LogP contribution in [0.4, 0.5) is 0 Å². The van der Waals surface area contributed by atoms with Gasteiger partial charge in [0.25, 0.3) is 5.91 Å². The zero-order valence-electron chi connectivity index (χ0n) is 11.3. The van der Waals surface area contributed by atoms with E-state index in [2.05, 4.69) is 5.16 Å².